The molecule has 206 valence electrons. The van der Waals surface area contributed by atoms with E-state index in [9.17, 15) is 0 Å². The first-order valence-electron chi connectivity index (χ1n) is 14.2. The van der Waals surface area contributed by atoms with E-state index >= 15 is 0 Å². The normalized spacial score (nSPS) is 35.8. The largest absolute Gasteiger partial charge is 0.377 e. The summed E-state index contributed by atoms with van der Waals surface area (Å²) < 4.78 is 36.9. The zero-order valence-corrected chi connectivity index (χ0v) is 23.5. The maximum absolute atomic E-state index is 6.32. The molecule has 0 N–H and O–H groups in total. The molecule has 1 heterocycles. The predicted molar refractivity (Wildman–Crippen MR) is 139 cm³/mol. The van der Waals surface area contributed by atoms with Gasteiger partial charge in [-0.2, -0.15) is 0 Å². The van der Waals surface area contributed by atoms with Gasteiger partial charge in [0.25, 0.3) is 0 Å². The van der Waals surface area contributed by atoms with Crippen LogP contribution in [0.25, 0.3) is 0 Å². The molecule has 0 aromatic rings. The highest BCUT2D eigenvalue weighted by molar-refractivity contribution is 4.87. The van der Waals surface area contributed by atoms with E-state index in [1.54, 1.807) is 0 Å². The van der Waals surface area contributed by atoms with Gasteiger partial charge < -0.3 is 28.4 Å². The maximum atomic E-state index is 6.32. The van der Waals surface area contributed by atoms with Crippen LogP contribution in [0.2, 0.25) is 0 Å². The third-order valence-corrected chi connectivity index (χ3v) is 7.94. The molecule has 0 amide bonds. The topological polar surface area (TPSA) is 55.4 Å². The highest BCUT2D eigenvalue weighted by Crippen LogP contribution is 2.40. The van der Waals surface area contributed by atoms with Crippen molar-refractivity contribution in [2.45, 2.75) is 111 Å². The fourth-order valence-corrected chi connectivity index (χ4v) is 6.09. The van der Waals surface area contributed by atoms with Gasteiger partial charge in [0.05, 0.1) is 77.3 Å². The molecule has 2 aliphatic carbocycles. The summed E-state index contributed by atoms with van der Waals surface area (Å²) in [6.07, 6.45) is 8.39. The molecule has 1 saturated heterocycles. The lowest BCUT2D eigenvalue weighted by Crippen LogP contribution is -2.42. The third-order valence-electron chi connectivity index (χ3n) is 7.94. The minimum absolute atomic E-state index is 0.123. The molecule has 2 saturated carbocycles. The SMILES string of the molecule is CC(C)(C)CC1CCC2OCCOCCOC3CCC(C(C)(C)C)CC3OCCOCCOC2C1. The van der Waals surface area contributed by atoms with Gasteiger partial charge in [-0.3, -0.25) is 0 Å². The summed E-state index contributed by atoms with van der Waals surface area (Å²) in [7, 11) is 0. The first-order chi connectivity index (χ1) is 16.6. The Bertz CT molecular complexity index is 583. The Morgan fingerprint density at radius 2 is 0.971 bits per heavy atom. The van der Waals surface area contributed by atoms with E-state index in [1.807, 2.05) is 0 Å². The van der Waals surface area contributed by atoms with Crippen molar-refractivity contribution in [3.63, 3.8) is 0 Å². The number of fused-ring (bicyclic) bond motifs is 2. The average molecular weight is 499 g/mol. The van der Waals surface area contributed by atoms with Crippen LogP contribution in [0, 0.1) is 22.7 Å². The molecule has 3 fully saturated rings. The highest BCUT2D eigenvalue weighted by atomic mass is 16.6. The van der Waals surface area contributed by atoms with Crippen LogP contribution in [-0.4, -0.2) is 77.3 Å². The van der Waals surface area contributed by atoms with Gasteiger partial charge in [-0.1, -0.05) is 41.5 Å². The first kappa shape index (κ1) is 29.3. The van der Waals surface area contributed by atoms with Gasteiger partial charge in [-0.25, -0.2) is 0 Å². The van der Waals surface area contributed by atoms with Crippen molar-refractivity contribution in [2.75, 3.05) is 52.9 Å². The number of hydrogen-bond donors (Lipinski definition) is 0. The standard InChI is InChI=1S/C29H54O6/c1-28(2,3)21-22-7-9-24-26(19-22)34-17-13-31-14-18-35-27-20-23(29(4,5)6)8-10-25(27)33-16-12-30-11-15-32-24/h22-27H,7-21H2,1-6H3. The van der Waals surface area contributed by atoms with Crippen LogP contribution in [0.5, 0.6) is 0 Å². The Balaban J connectivity index is 1.50. The second-order valence-electron chi connectivity index (χ2n) is 13.2. The maximum Gasteiger partial charge on any atom is 0.0840 e. The van der Waals surface area contributed by atoms with Gasteiger partial charge in [-0.05, 0) is 67.6 Å². The molecule has 6 atom stereocenters. The Labute approximate surface area is 215 Å². The molecule has 0 radical (unpaired) electrons. The zero-order valence-electron chi connectivity index (χ0n) is 23.5. The molecule has 6 heteroatoms. The van der Waals surface area contributed by atoms with Gasteiger partial charge in [0.15, 0.2) is 0 Å². The van der Waals surface area contributed by atoms with E-state index in [0.717, 1.165) is 25.7 Å². The highest BCUT2D eigenvalue weighted by Gasteiger charge is 2.37. The van der Waals surface area contributed by atoms with Crippen molar-refractivity contribution in [3.05, 3.63) is 0 Å². The van der Waals surface area contributed by atoms with E-state index in [0.29, 0.717) is 75.5 Å². The summed E-state index contributed by atoms with van der Waals surface area (Å²) >= 11 is 0. The van der Waals surface area contributed by atoms with E-state index < -0.39 is 0 Å². The van der Waals surface area contributed by atoms with Crippen LogP contribution in [0.3, 0.4) is 0 Å². The van der Waals surface area contributed by atoms with Crippen LogP contribution in [0.4, 0.5) is 0 Å². The molecule has 6 unspecified atom stereocenters. The molecule has 6 nitrogen and oxygen atoms in total. The number of hydrogen-bond acceptors (Lipinski definition) is 6. The first-order valence-corrected chi connectivity index (χ1v) is 14.2. The van der Waals surface area contributed by atoms with E-state index in [-0.39, 0.29) is 24.4 Å². The van der Waals surface area contributed by atoms with Crippen LogP contribution in [0.1, 0.15) is 86.5 Å². The summed E-state index contributed by atoms with van der Waals surface area (Å²) in [6.45, 7) is 18.8. The van der Waals surface area contributed by atoms with Gasteiger partial charge in [0, 0.05) is 0 Å². The fraction of sp³-hybridized carbons (Fsp3) is 1.00. The Kier molecular flexibility index (Phi) is 11.8. The van der Waals surface area contributed by atoms with Gasteiger partial charge in [0.2, 0.25) is 0 Å². The van der Waals surface area contributed by atoms with Crippen molar-refractivity contribution < 1.29 is 28.4 Å². The zero-order chi connectivity index (χ0) is 25.3. The smallest absolute Gasteiger partial charge is 0.0840 e. The van der Waals surface area contributed by atoms with Crippen LogP contribution >= 0.6 is 0 Å². The van der Waals surface area contributed by atoms with Crippen molar-refractivity contribution in [1.29, 1.82) is 0 Å². The molecule has 1 aliphatic heterocycles. The third kappa shape index (κ3) is 10.6. The number of rotatable bonds is 1. The molecule has 0 aromatic heterocycles. The van der Waals surface area contributed by atoms with Gasteiger partial charge in [0.1, 0.15) is 0 Å². The molecular weight excluding hydrogens is 444 g/mol. The predicted octanol–water partition coefficient (Wildman–Crippen LogP) is 5.66. The Morgan fingerprint density at radius 1 is 0.514 bits per heavy atom. The lowest BCUT2D eigenvalue weighted by Gasteiger charge is -2.41. The minimum atomic E-state index is 0.123. The minimum Gasteiger partial charge on any atom is -0.377 e. The summed E-state index contributed by atoms with van der Waals surface area (Å²) in [4.78, 5) is 0. The summed E-state index contributed by atoms with van der Waals surface area (Å²) in [5.41, 5.74) is 0.636. The summed E-state index contributed by atoms with van der Waals surface area (Å²) in [6, 6.07) is 0. The van der Waals surface area contributed by atoms with Crippen molar-refractivity contribution in [3.8, 4) is 0 Å². The molecule has 0 bridgehead atoms. The van der Waals surface area contributed by atoms with E-state index in [4.69, 9.17) is 28.4 Å². The van der Waals surface area contributed by atoms with Crippen molar-refractivity contribution in [1.82, 2.24) is 0 Å². The lowest BCUT2D eigenvalue weighted by molar-refractivity contribution is -0.140. The molecule has 35 heavy (non-hydrogen) atoms. The van der Waals surface area contributed by atoms with Gasteiger partial charge in [-0.15, -0.1) is 0 Å². The molecule has 0 spiro atoms. The molecule has 0 aromatic carbocycles. The van der Waals surface area contributed by atoms with Crippen molar-refractivity contribution in [2.24, 2.45) is 22.7 Å². The fourth-order valence-electron chi connectivity index (χ4n) is 6.09. The molecule has 3 aliphatic rings. The van der Waals surface area contributed by atoms with Crippen LogP contribution in [0.15, 0.2) is 0 Å². The summed E-state index contributed by atoms with van der Waals surface area (Å²) in [5, 5.41) is 0. The Hall–Kier alpha value is -0.240. The number of ether oxygens (including phenoxy) is 6. The van der Waals surface area contributed by atoms with E-state index in [1.165, 1.54) is 19.3 Å². The summed E-state index contributed by atoms with van der Waals surface area (Å²) in [5.74, 6) is 1.35. The quantitative estimate of drug-likeness (QED) is 0.465. The molecule has 3 rings (SSSR count). The average Bonchev–Trinajstić information content (AvgIpc) is 2.77. The van der Waals surface area contributed by atoms with Crippen LogP contribution in [-0.2, 0) is 28.4 Å². The van der Waals surface area contributed by atoms with Crippen LogP contribution < -0.4 is 0 Å². The Morgan fingerprint density at radius 3 is 1.46 bits per heavy atom. The second kappa shape index (κ2) is 14.1. The van der Waals surface area contributed by atoms with E-state index in [2.05, 4.69) is 41.5 Å². The monoisotopic (exact) mass is 498 g/mol. The second-order valence-corrected chi connectivity index (χ2v) is 13.2. The van der Waals surface area contributed by atoms with Crippen molar-refractivity contribution >= 4 is 0 Å². The van der Waals surface area contributed by atoms with Gasteiger partial charge >= 0.3 is 0 Å². The lowest BCUT2D eigenvalue weighted by atomic mass is 9.71. The molecular formula is C29H54O6.